The van der Waals surface area contributed by atoms with Gasteiger partial charge in [-0.2, -0.15) is 0 Å². The highest BCUT2D eigenvalue weighted by Crippen LogP contribution is 2.49. The van der Waals surface area contributed by atoms with E-state index in [1.165, 1.54) is 31.2 Å². The van der Waals surface area contributed by atoms with Gasteiger partial charge in [0.05, 0.1) is 6.10 Å². The van der Waals surface area contributed by atoms with Gasteiger partial charge in [0.15, 0.2) is 0 Å². The fourth-order valence-corrected chi connectivity index (χ4v) is 4.25. The predicted octanol–water partition coefficient (Wildman–Crippen LogP) is 4.18. The van der Waals surface area contributed by atoms with Gasteiger partial charge in [0, 0.05) is 4.47 Å². The van der Waals surface area contributed by atoms with E-state index in [9.17, 15) is 5.11 Å². The number of halogens is 1. The zero-order chi connectivity index (χ0) is 12.5. The van der Waals surface area contributed by atoms with Crippen LogP contribution in [0.4, 0.5) is 0 Å². The fourth-order valence-electron chi connectivity index (χ4n) is 3.99. The molecule has 3 rings (SSSR count). The predicted molar refractivity (Wildman–Crippen MR) is 77.4 cm³/mol. The van der Waals surface area contributed by atoms with Crippen LogP contribution in [0.2, 0.25) is 0 Å². The van der Waals surface area contributed by atoms with E-state index < -0.39 is 0 Å². The second kappa shape index (κ2) is 5.34. The molecule has 0 heterocycles. The van der Waals surface area contributed by atoms with Crippen LogP contribution in [-0.2, 0) is 6.42 Å². The van der Waals surface area contributed by atoms with Gasteiger partial charge >= 0.3 is 0 Å². The second-order valence-electron chi connectivity index (χ2n) is 6.16. The van der Waals surface area contributed by atoms with Crippen molar-refractivity contribution < 1.29 is 5.11 Å². The van der Waals surface area contributed by atoms with E-state index in [4.69, 9.17) is 0 Å². The van der Waals surface area contributed by atoms with Gasteiger partial charge in [-0.05, 0) is 67.6 Å². The van der Waals surface area contributed by atoms with E-state index in [0.29, 0.717) is 0 Å². The summed E-state index contributed by atoms with van der Waals surface area (Å²) in [6.45, 7) is 0. The number of aliphatic hydroxyl groups is 1. The van der Waals surface area contributed by atoms with Crippen LogP contribution in [0, 0.1) is 17.8 Å². The first-order valence-corrected chi connectivity index (χ1v) is 7.92. The first-order valence-electron chi connectivity index (χ1n) is 7.13. The summed E-state index contributed by atoms with van der Waals surface area (Å²) in [5, 5.41) is 10.2. The summed E-state index contributed by atoms with van der Waals surface area (Å²) >= 11 is 3.44. The van der Waals surface area contributed by atoms with Gasteiger partial charge in [0.2, 0.25) is 0 Å². The Morgan fingerprint density at radius 3 is 2.56 bits per heavy atom. The molecular formula is C16H21BrO. The third-order valence-electron chi connectivity index (χ3n) is 4.84. The highest BCUT2D eigenvalue weighted by Gasteiger charge is 2.39. The lowest BCUT2D eigenvalue weighted by molar-refractivity contribution is 0.124. The average Bonchev–Trinajstić information content (AvgIpc) is 2.94. The maximum atomic E-state index is 10.2. The van der Waals surface area contributed by atoms with Gasteiger partial charge in [-0.15, -0.1) is 0 Å². The minimum absolute atomic E-state index is 0.157. The third-order valence-corrected chi connectivity index (χ3v) is 5.37. The molecule has 0 amide bonds. The summed E-state index contributed by atoms with van der Waals surface area (Å²) < 4.78 is 1.11. The minimum atomic E-state index is -0.157. The van der Waals surface area contributed by atoms with Crippen LogP contribution in [0.3, 0.4) is 0 Å². The van der Waals surface area contributed by atoms with E-state index in [-0.39, 0.29) is 6.10 Å². The van der Waals surface area contributed by atoms with E-state index in [1.54, 1.807) is 0 Å². The Morgan fingerprint density at radius 2 is 1.94 bits per heavy atom. The minimum Gasteiger partial charge on any atom is -0.393 e. The Hall–Kier alpha value is -0.340. The maximum Gasteiger partial charge on any atom is 0.0583 e. The van der Waals surface area contributed by atoms with Crippen molar-refractivity contribution in [1.29, 1.82) is 0 Å². The highest BCUT2D eigenvalue weighted by atomic mass is 79.9. The molecule has 1 N–H and O–H groups in total. The topological polar surface area (TPSA) is 20.2 Å². The van der Waals surface area contributed by atoms with Crippen LogP contribution in [0.5, 0.6) is 0 Å². The van der Waals surface area contributed by atoms with Crippen LogP contribution in [0.25, 0.3) is 0 Å². The molecule has 1 aromatic rings. The van der Waals surface area contributed by atoms with Gasteiger partial charge in [0.25, 0.3) is 0 Å². The Balaban J connectivity index is 1.52. The molecule has 0 aromatic heterocycles. The van der Waals surface area contributed by atoms with Crippen LogP contribution in [0.1, 0.15) is 37.7 Å². The number of rotatable bonds is 4. The summed E-state index contributed by atoms with van der Waals surface area (Å²) in [6.07, 6.45) is 7.34. The van der Waals surface area contributed by atoms with Crippen molar-refractivity contribution in [3.8, 4) is 0 Å². The SMILES string of the molecule is OC(Cc1ccc(Br)cc1)CC1CC2CCC1C2. The van der Waals surface area contributed by atoms with Crippen LogP contribution >= 0.6 is 15.9 Å². The molecule has 0 aliphatic heterocycles. The van der Waals surface area contributed by atoms with Crippen LogP contribution in [-0.4, -0.2) is 11.2 Å². The Bertz CT molecular complexity index is 400. The molecule has 0 radical (unpaired) electrons. The molecule has 4 atom stereocenters. The molecule has 4 unspecified atom stereocenters. The lowest BCUT2D eigenvalue weighted by atomic mass is 9.84. The summed E-state index contributed by atoms with van der Waals surface area (Å²) in [6, 6.07) is 8.32. The van der Waals surface area contributed by atoms with Gasteiger partial charge in [-0.25, -0.2) is 0 Å². The zero-order valence-electron chi connectivity index (χ0n) is 10.7. The highest BCUT2D eigenvalue weighted by molar-refractivity contribution is 9.10. The van der Waals surface area contributed by atoms with Crippen molar-refractivity contribution in [3.63, 3.8) is 0 Å². The molecule has 2 fully saturated rings. The zero-order valence-corrected chi connectivity index (χ0v) is 12.3. The quantitative estimate of drug-likeness (QED) is 0.884. The van der Waals surface area contributed by atoms with E-state index >= 15 is 0 Å². The molecule has 1 nitrogen and oxygen atoms in total. The van der Waals surface area contributed by atoms with Gasteiger partial charge in [0.1, 0.15) is 0 Å². The van der Waals surface area contributed by atoms with Crippen molar-refractivity contribution in [2.75, 3.05) is 0 Å². The number of benzene rings is 1. The van der Waals surface area contributed by atoms with Crippen molar-refractivity contribution in [3.05, 3.63) is 34.3 Å². The van der Waals surface area contributed by atoms with Gasteiger partial charge in [-0.1, -0.05) is 34.5 Å². The monoisotopic (exact) mass is 308 g/mol. The lowest BCUT2D eigenvalue weighted by Crippen LogP contribution is -2.20. The van der Waals surface area contributed by atoms with E-state index in [1.807, 2.05) is 0 Å². The van der Waals surface area contributed by atoms with Gasteiger partial charge < -0.3 is 5.11 Å². The maximum absolute atomic E-state index is 10.2. The molecule has 2 saturated carbocycles. The molecule has 0 spiro atoms. The van der Waals surface area contributed by atoms with Crippen molar-refractivity contribution in [1.82, 2.24) is 0 Å². The smallest absolute Gasteiger partial charge is 0.0583 e. The molecule has 2 aliphatic rings. The van der Waals surface area contributed by atoms with Crippen molar-refractivity contribution in [2.45, 2.75) is 44.6 Å². The Kier molecular flexibility index (Phi) is 3.76. The summed E-state index contributed by atoms with van der Waals surface area (Å²) in [5.41, 5.74) is 1.24. The Morgan fingerprint density at radius 1 is 1.17 bits per heavy atom. The summed E-state index contributed by atoms with van der Waals surface area (Å²) in [7, 11) is 0. The summed E-state index contributed by atoms with van der Waals surface area (Å²) in [5.74, 6) is 2.71. The lowest BCUT2D eigenvalue weighted by Gasteiger charge is -2.24. The molecule has 1 aromatic carbocycles. The van der Waals surface area contributed by atoms with Crippen LogP contribution < -0.4 is 0 Å². The van der Waals surface area contributed by atoms with Crippen molar-refractivity contribution >= 4 is 15.9 Å². The summed E-state index contributed by atoms with van der Waals surface area (Å²) in [4.78, 5) is 0. The van der Waals surface area contributed by atoms with E-state index in [0.717, 1.165) is 35.1 Å². The first kappa shape index (κ1) is 12.7. The molecule has 2 aliphatic carbocycles. The molecule has 98 valence electrons. The largest absolute Gasteiger partial charge is 0.393 e. The second-order valence-corrected chi connectivity index (χ2v) is 7.07. The van der Waals surface area contributed by atoms with Gasteiger partial charge in [-0.3, -0.25) is 0 Å². The molecular weight excluding hydrogens is 288 g/mol. The standard InChI is InChI=1S/C16H21BrO/c17-15-5-2-11(3-6-15)9-16(18)10-14-8-12-1-4-13(14)7-12/h2-3,5-6,12-14,16,18H,1,4,7-10H2. The van der Waals surface area contributed by atoms with E-state index in [2.05, 4.69) is 40.2 Å². The number of hydrogen-bond acceptors (Lipinski definition) is 1. The third kappa shape index (κ3) is 2.80. The van der Waals surface area contributed by atoms with Crippen LogP contribution in [0.15, 0.2) is 28.7 Å². The Labute approximate surface area is 118 Å². The molecule has 18 heavy (non-hydrogen) atoms. The number of fused-ring (bicyclic) bond motifs is 2. The normalized spacial score (nSPS) is 31.8. The molecule has 2 heteroatoms. The first-order chi connectivity index (χ1) is 8.70. The molecule has 2 bridgehead atoms. The molecule has 0 saturated heterocycles. The fraction of sp³-hybridized carbons (Fsp3) is 0.625. The number of aliphatic hydroxyl groups excluding tert-OH is 1. The average molecular weight is 309 g/mol. The number of hydrogen-bond donors (Lipinski definition) is 1. The van der Waals surface area contributed by atoms with Crippen molar-refractivity contribution in [2.24, 2.45) is 17.8 Å².